The second kappa shape index (κ2) is 4.36. The summed E-state index contributed by atoms with van der Waals surface area (Å²) in [7, 11) is 0. The van der Waals surface area contributed by atoms with Crippen molar-refractivity contribution >= 4 is 5.97 Å². The van der Waals surface area contributed by atoms with E-state index < -0.39 is 0 Å². The highest BCUT2D eigenvalue weighted by molar-refractivity contribution is 5.87. The molecule has 0 amide bonds. The van der Waals surface area contributed by atoms with Gasteiger partial charge in [-0.2, -0.15) is 0 Å². The van der Waals surface area contributed by atoms with Crippen LogP contribution in [0.4, 0.5) is 0 Å². The van der Waals surface area contributed by atoms with Gasteiger partial charge in [0, 0.05) is 5.57 Å². The van der Waals surface area contributed by atoms with E-state index in [1.807, 2.05) is 0 Å². The van der Waals surface area contributed by atoms with Gasteiger partial charge in [0.05, 0.1) is 0 Å². The van der Waals surface area contributed by atoms with E-state index in [0.29, 0.717) is 23.3 Å². The van der Waals surface area contributed by atoms with E-state index in [2.05, 4.69) is 20.4 Å². The first kappa shape index (κ1) is 13.2. The summed E-state index contributed by atoms with van der Waals surface area (Å²) in [5.41, 5.74) is 0.331. The fourth-order valence-corrected chi connectivity index (χ4v) is 5.40. The first-order valence-electron chi connectivity index (χ1n) is 7.82. The van der Waals surface area contributed by atoms with E-state index in [-0.39, 0.29) is 11.6 Å². The summed E-state index contributed by atoms with van der Waals surface area (Å²) in [6, 6.07) is 0. The first-order valence-corrected chi connectivity index (χ1v) is 7.82. The fraction of sp³-hybridized carbons (Fsp3) is 0.824. The molecule has 0 spiro atoms. The zero-order chi connectivity index (χ0) is 13.8. The normalized spacial score (nSPS) is 43.6. The Balaban J connectivity index is 1.92. The molecule has 0 saturated heterocycles. The maximum atomic E-state index is 12.1. The van der Waals surface area contributed by atoms with Crippen molar-refractivity contribution in [2.24, 2.45) is 29.6 Å². The van der Waals surface area contributed by atoms with Crippen LogP contribution < -0.4 is 0 Å². The number of carbonyl (C=O) groups excluding carboxylic acids is 1. The maximum absolute atomic E-state index is 12.1. The Bertz CT molecular complexity index is 379. The SMILES string of the molecule is C=C(C)C(=O)OC1(C(C)C)C2CC3CC(C2)CC1C3. The number of rotatable bonds is 3. The van der Waals surface area contributed by atoms with Crippen molar-refractivity contribution in [2.75, 3.05) is 0 Å². The third-order valence-corrected chi connectivity index (χ3v) is 5.93. The third-order valence-electron chi connectivity index (χ3n) is 5.93. The monoisotopic (exact) mass is 262 g/mol. The smallest absolute Gasteiger partial charge is 0.333 e. The van der Waals surface area contributed by atoms with Gasteiger partial charge in [-0.25, -0.2) is 4.79 Å². The van der Waals surface area contributed by atoms with E-state index >= 15 is 0 Å². The Labute approximate surface area is 116 Å². The fourth-order valence-electron chi connectivity index (χ4n) is 5.40. The number of ether oxygens (including phenoxy) is 1. The van der Waals surface area contributed by atoms with Gasteiger partial charge in [-0.05, 0) is 68.6 Å². The average Bonchev–Trinajstić information content (AvgIpc) is 2.32. The van der Waals surface area contributed by atoms with Crippen LogP contribution in [0.5, 0.6) is 0 Å². The van der Waals surface area contributed by atoms with Crippen molar-refractivity contribution in [1.82, 2.24) is 0 Å². The van der Waals surface area contributed by atoms with Crippen LogP contribution in [0.25, 0.3) is 0 Å². The van der Waals surface area contributed by atoms with Crippen LogP contribution in [-0.2, 0) is 9.53 Å². The lowest BCUT2D eigenvalue weighted by Gasteiger charge is -2.61. The molecule has 106 valence electrons. The van der Waals surface area contributed by atoms with Gasteiger partial charge in [-0.1, -0.05) is 20.4 Å². The molecule has 0 N–H and O–H groups in total. The van der Waals surface area contributed by atoms with Gasteiger partial charge in [0.15, 0.2) is 0 Å². The number of hydrogen-bond acceptors (Lipinski definition) is 2. The van der Waals surface area contributed by atoms with Gasteiger partial charge in [0.2, 0.25) is 0 Å². The summed E-state index contributed by atoms with van der Waals surface area (Å²) >= 11 is 0. The standard InChI is InChI=1S/C17H26O2/c1-10(2)16(18)19-17(11(3)4)14-6-12-5-13(8-14)9-15(17)7-12/h11-15H,1,5-9H2,2-4H3. The number of hydrogen-bond donors (Lipinski definition) is 0. The molecule has 0 atom stereocenters. The van der Waals surface area contributed by atoms with E-state index in [4.69, 9.17) is 4.74 Å². The highest BCUT2D eigenvalue weighted by Gasteiger charge is 2.60. The van der Waals surface area contributed by atoms with Crippen molar-refractivity contribution in [3.05, 3.63) is 12.2 Å². The van der Waals surface area contributed by atoms with Crippen molar-refractivity contribution in [3.8, 4) is 0 Å². The average molecular weight is 262 g/mol. The summed E-state index contributed by atoms with van der Waals surface area (Å²) in [5, 5.41) is 0. The zero-order valence-corrected chi connectivity index (χ0v) is 12.4. The lowest BCUT2D eigenvalue weighted by atomic mass is 9.47. The Morgan fingerprint density at radius 3 is 1.95 bits per heavy atom. The molecule has 4 bridgehead atoms. The molecule has 4 rings (SSSR count). The molecule has 4 aliphatic carbocycles. The first-order chi connectivity index (χ1) is 8.93. The van der Waals surface area contributed by atoms with Crippen LogP contribution in [0.15, 0.2) is 12.2 Å². The second-order valence-corrected chi connectivity index (χ2v) is 7.48. The molecule has 4 fully saturated rings. The van der Waals surface area contributed by atoms with Crippen LogP contribution in [-0.4, -0.2) is 11.6 Å². The van der Waals surface area contributed by atoms with Gasteiger partial charge in [0.25, 0.3) is 0 Å². The summed E-state index contributed by atoms with van der Waals surface area (Å²) in [5.74, 6) is 3.21. The summed E-state index contributed by atoms with van der Waals surface area (Å²) in [6.07, 6.45) is 6.52. The molecule has 0 aromatic heterocycles. The Kier molecular flexibility index (Phi) is 3.03. The lowest BCUT2D eigenvalue weighted by molar-refractivity contribution is -0.221. The predicted octanol–water partition coefficient (Wildman–Crippen LogP) is 3.96. The highest BCUT2D eigenvalue weighted by atomic mass is 16.6. The highest BCUT2D eigenvalue weighted by Crippen LogP contribution is 2.61. The van der Waals surface area contributed by atoms with Gasteiger partial charge >= 0.3 is 5.97 Å². The quantitative estimate of drug-likeness (QED) is 0.568. The summed E-state index contributed by atoms with van der Waals surface area (Å²) < 4.78 is 6.10. The van der Waals surface area contributed by atoms with Gasteiger partial charge < -0.3 is 4.74 Å². The van der Waals surface area contributed by atoms with Gasteiger partial charge in [-0.15, -0.1) is 0 Å². The second-order valence-electron chi connectivity index (χ2n) is 7.48. The molecule has 0 unspecified atom stereocenters. The minimum Gasteiger partial charge on any atom is -0.455 e. The molecule has 19 heavy (non-hydrogen) atoms. The van der Waals surface area contributed by atoms with E-state index in [0.717, 1.165) is 11.8 Å². The third kappa shape index (κ3) is 1.86. The molecular weight excluding hydrogens is 236 g/mol. The molecule has 0 radical (unpaired) electrons. The molecule has 0 heterocycles. The zero-order valence-electron chi connectivity index (χ0n) is 12.4. The molecule has 4 aliphatic rings. The molecule has 0 aromatic rings. The van der Waals surface area contributed by atoms with Crippen molar-refractivity contribution in [3.63, 3.8) is 0 Å². The van der Waals surface area contributed by atoms with E-state index in [9.17, 15) is 4.79 Å². The van der Waals surface area contributed by atoms with Crippen LogP contribution in [0.1, 0.15) is 52.9 Å². The number of esters is 1. The maximum Gasteiger partial charge on any atom is 0.333 e. The van der Waals surface area contributed by atoms with Crippen LogP contribution in [0.2, 0.25) is 0 Å². The molecule has 2 heteroatoms. The van der Waals surface area contributed by atoms with Crippen LogP contribution in [0, 0.1) is 29.6 Å². The van der Waals surface area contributed by atoms with E-state index in [1.54, 1.807) is 6.92 Å². The topological polar surface area (TPSA) is 26.3 Å². The predicted molar refractivity (Wildman–Crippen MR) is 75.5 cm³/mol. The minimum absolute atomic E-state index is 0.179. The van der Waals surface area contributed by atoms with E-state index in [1.165, 1.54) is 32.1 Å². The Morgan fingerprint density at radius 2 is 1.58 bits per heavy atom. The van der Waals surface area contributed by atoms with Crippen molar-refractivity contribution in [2.45, 2.75) is 58.5 Å². The Morgan fingerprint density at radius 1 is 1.11 bits per heavy atom. The van der Waals surface area contributed by atoms with Crippen LogP contribution >= 0.6 is 0 Å². The van der Waals surface area contributed by atoms with Gasteiger partial charge in [-0.3, -0.25) is 0 Å². The Hall–Kier alpha value is -0.790. The van der Waals surface area contributed by atoms with Crippen LogP contribution in [0.3, 0.4) is 0 Å². The molecule has 2 nitrogen and oxygen atoms in total. The van der Waals surface area contributed by atoms with Crippen molar-refractivity contribution < 1.29 is 9.53 Å². The number of carbonyl (C=O) groups is 1. The minimum atomic E-state index is -0.205. The van der Waals surface area contributed by atoms with Crippen molar-refractivity contribution in [1.29, 1.82) is 0 Å². The largest absolute Gasteiger partial charge is 0.455 e. The van der Waals surface area contributed by atoms with Gasteiger partial charge in [0.1, 0.15) is 5.60 Å². The molecule has 4 saturated carbocycles. The molecule has 0 aliphatic heterocycles. The lowest BCUT2D eigenvalue weighted by Crippen LogP contribution is -2.62. The summed E-state index contributed by atoms with van der Waals surface area (Å²) in [6.45, 7) is 9.97. The molecular formula is C17H26O2. The summed E-state index contributed by atoms with van der Waals surface area (Å²) in [4.78, 5) is 12.1. The molecule has 0 aromatic carbocycles.